The highest BCUT2D eigenvalue weighted by Gasteiger charge is 2.16. The maximum absolute atomic E-state index is 6.06. The van der Waals surface area contributed by atoms with Crippen LogP contribution in [0.1, 0.15) is 17.3 Å². The molecule has 1 atom stereocenters. The number of thiazole rings is 1. The summed E-state index contributed by atoms with van der Waals surface area (Å²) in [6.07, 6.45) is 4.72. The normalized spacial score (nSPS) is 12.9. The van der Waals surface area contributed by atoms with E-state index in [1.54, 1.807) is 11.3 Å². The summed E-state index contributed by atoms with van der Waals surface area (Å²) in [5.74, 6) is 5.70. The Bertz CT molecular complexity index is 710. The molecule has 0 saturated heterocycles. The lowest BCUT2D eigenvalue weighted by Crippen LogP contribution is -2.30. The first-order valence-electron chi connectivity index (χ1n) is 5.99. The van der Waals surface area contributed by atoms with Gasteiger partial charge in [0, 0.05) is 33.7 Å². The first kappa shape index (κ1) is 14.0. The zero-order valence-corrected chi connectivity index (χ0v) is 13.5. The van der Waals surface area contributed by atoms with Crippen LogP contribution in [0.5, 0.6) is 0 Å². The Morgan fingerprint density at radius 3 is 3.10 bits per heavy atom. The zero-order chi connectivity index (χ0) is 14.1. The minimum atomic E-state index is -0.0484. The van der Waals surface area contributed by atoms with E-state index in [1.807, 2.05) is 40.4 Å². The maximum Gasteiger partial charge on any atom is 0.193 e. The second-order valence-corrected chi connectivity index (χ2v) is 6.58. The van der Waals surface area contributed by atoms with Crippen LogP contribution in [-0.2, 0) is 6.42 Å². The van der Waals surface area contributed by atoms with Crippen LogP contribution in [0, 0.1) is 0 Å². The molecule has 0 spiro atoms. The summed E-state index contributed by atoms with van der Waals surface area (Å²) in [7, 11) is 0. The minimum absolute atomic E-state index is 0.0484. The molecule has 0 aliphatic heterocycles. The van der Waals surface area contributed by atoms with E-state index in [0.29, 0.717) is 11.4 Å². The summed E-state index contributed by atoms with van der Waals surface area (Å²) in [6, 6.07) is 5.63. The first-order valence-corrected chi connectivity index (χ1v) is 8.04. The van der Waals surface area contributed by atoms with Gasteiger partial charge in [0.05, 0.1) is 11.7 Å². The van der Waals surface area contributed by atoms with Crippen LogP contribution in [0.15, 0.2) is 40.4 Å². The van der Waals surface area contributed by atoms with E-state index < -0.39 is 0 Å². The second-order valence-electron chi connectivity index (χ2n) is 4.41. The van der Waals surface area contributed by atoms with Crippen molar-refractivity contribution in [1.29, 1.82) is 0 Å². The van der Waals surface area contributed by atoms with Gasteiger partial charge in [-0.3, -0.25) is 15.7 Å². The molecule has 1 aromatic carbocycles. The highest BCUT2D eigenvalue weighted by atomic mass is 79.9. The van der Waals surface area contributed by atoms with E-state index in [9.17, 15) is 0 Å². The van der Waals surface area contributed by atoms with Gasteiger partial charge in [-0.1, -0.05) is 27.5 Å². The largest absolute Gasteiger partial charge is 0.297 e. The fourth-order valence-electron chi connectivity index (χ4n) is 2.12. The molecule has 0 saturated carbocycles. The van der Waals surface area contributed by atoms with E-state index in [4.69, 9.17) is 17.4 Å². The number of hydrazine groups is 1. The highest BCUT2D eigenvalue weighted by molar-refractivity contribution is 9.10. The average Bonchev–Trinajstić information content (AvgIpc) is 3.00. The molecular weight excluding hydrogens is 360 g/mol. The number of nitrogens with zero attached hydrogens (tertiary/aromatic N) is 2. The molecule has 0 fully saturated rings. The minimum Gasteiger partial charge on any atom is -0.297 e. The van der Waals surface area contributed by atoms with Crippen LogP contribution < -0.4 is 11.3 Å². The van der Waals surface area contributed by atoms with E-state index in [-0.39, 0.29) is 6.04 Å². The second kappa shape index (κ2) is 5.83. The van der Waals surface area contributed by atoms with Gasteiger partial charge in [0.15, 0.2) is 4.96 Å². The van der Waals surface area contributed by atoms with Gasteiger partial charge in [0.1, 0.15) is 0 Å². The van der Waals surface area contributed by atoms with Crippen molar-refractivity contribution in [3.05, 3.63) is 56.7 Å². The molecule has 3 aromatic rings. The lowest BCUT2D eigenvalue weighted by atomic mass is 10.0. The van der Waals surface area contributed by atoms with Crippen molar-refractivity contribution in [2.75, 3.05) is 0 Å². The lowest BCUT2D eigenvalue weighted by molar-refractivity contribution is 0.545. The summed E-state index contributed by atoms with van der Waals surface area (Å²) in [5.41, 5.74) is 4.85. The number of nitrogens with two attached hydrogens (primary N) is 1. The number of hydrogen-bond donors (Lipinski definition) is 2. The molecule has 3 rings (SSSR count). The molecule has 0 aliphatic rings. The van der Waals surface area contributed by atoms with E-state index in [2.05, 4.69) is 26.3 Å². The third-order valence-electron chi connectivity index (χ3n) is 3.09. The van der Waals surface area contributed by atoms with Gasteiger partial charge in [-0.25, -0.2) is 4.98 Å². The molecule has 3 N–H and O–H groups in total. The van der Waals surface area contributed by atoms with Crippen molar-refractivity contribution < 1.29 is 0 Å². The number of fused-ring (bicyclic) bond motifs is 1. The summed E-state index contributed by atoms with van der Waals surface area (Å²) < 4.78 is 2.99. The SMILES string of the molecule is NNC(Cc1cn2ccsc2n1)c1cc(Cl)ccc1Br. The predicted octanol–water partition coefficient (Wildman–Crippen LogP) is 3.56. The third kappa shape index (κ3) is 2.75. The summed E-state index contributed by atoms with van der Waals surface area (Å²) >= 11 is 11.2. The molecule has 4 nitrogen and oxygen atoms in total. The fraction of sp³-hybridized carbons (Fsp3) is 0.154. The molecule has 0 bridgehead atoms. The molecule has 1 unspecified atom stereocenters. The summed E-state index contributed by atoms with van der Waals surface area (Å²) in [4.78, 5) is 5.56. The van der Waals surface area contributed by atoms with Crippen LogP contribution in [-0.4, -0.2) is 9.38 Å². The van der Waals surface area contributed by atoms with Crippen molar-refractivity contribution >= 4 is 43.8 Å². The van der Waals surface area contributed by atoms with Gasteiger partial charge >= 0.3 is 0 Å². The van der Waals surface area contributed by atoms with Gasteiger partial charge in [0.2, 0.25) is 0 Å². The van der Waals surface area contributed by atoms with Crippen molar-refractivity contribution in [3.63, 3.8) is 0 Å². The maximum atomic E-state index is 6.06. The number of imidazole rings is 1. The molecule has 0 amide bonds. The van der Waals surface area contributed by atoms with Gasteiger partial charge in [-0.15, -0.1) is 11.3 Å². The number of hydrogen-bond acceptors (Lipinski definition) is 4. The monoisotopic (exact) mass is 370 g/mol. The average molecular weight is 372 g/mol. The quantitative estimate of drug-likeness (QED) is 0.544. The first-order chi connectivity index (χ1) is 9.67. The molecular formula is C13H12BrClN4S. The van der Waals surface area contributed by atoms with Crippen molar-refractivity contribution in [1.82, 2.24) is 14.8 Å². The van der Waals surface area contributed by atoms with E-state index in [1.165, 1.54) is 0 Å². The van der Waals surface area contributed by atoms with E-state index in [0.717, 1.165) is 20.7 Å². The Labute approximate surface area is 133 Å². The molecule has 0 radical (unpaired) electrons. The summed E-state index contributed by atoms with van der Waals surface area (Å²) in [6.45, 7) is 0. The number of halogens is 2. The number of rotatable bonds is 4. The Morgan fingerprint density at radius 2 is 2.35 bits per heavy atom. The Morgan fingerprint density at radius 1 is 1.50 bits per heavy atom. The van der Waals surface area contributed by atoms with Gasteiger partial charge in [-0.2, -0.15) is 0 Å². The number of nitrogens with one attached hydrogen (secondary N) is 1. The van der Waals surface area contributed by atoms with Crippen molar-refractivity contribution in [3.8, 4) is 0 Å². The Kier molecular flexibility index (Phi) is 4.09. The van der Waals surface area contributed by atoms with Crippen LogP contribution in [0.3, 0.4) is 0 Å². The smallest absolute Gasteiger partial charge is 0.193 e. The molecule has 7 heteroatoms. The molecule has 104 valence electrons. The fourth-order valence-corrected chi connectivity index (χ4v) is 3.55. The third-order valence-corrected chi connectivity index (χ3v) is 4.82. The van der Waals surface area contributed by atoms with Gasteiger partial charge < -0.3 is 0 Å². The number of benzene rings is 1. The van der Waals surface area contributed by atoms with Gasteiger partial charge in [-0.05, 0) is 23.8 Å². The zero-order valence-electron chi connectivity index (χ0n) is 10.4. The molecule has 2 heterocycles. The van der Waals surface area contributed by atoms with Crippen molar-refractivity contribution in [2.24, 2.45) is 5.84 Å². The lowest BCUT2D eigenvalue weighted by Gasteiger charge is -2.17. The van der Waals surface area contributed by atoms with Gasteiger partial charge in [0.25, 0.3) is 0 Å². The highest BCUT2D eigenvalue weighted by Crippen LogP contribution is 2.28. The number of aromatic nitrogens is 2. The Hall–Kier alpha value is -0.920. The molecule has 20 heavy (non-hydrogen) atoms. The molecule has 0 aliphatic carbocycles. The standard InChI is InChI=1S/C13H12BrClN4S/c14-11-2-1-8(15)5-10(11)12(18-16)6-9-7-19-3-4-20-13(19)17-9/h1-5,7,12,18H,6,16H2. The van der Waals surface area contributed by atoms with Crippen LogP contribution in [0.25, 0.3) is 4.96 Å². The predicted molar refractivity (Wildman–Crippen MR) is 86.0 cm³/mol. The topological polar surface area (TPSA) is 55.3 Å². The van der Waals surface area contributed by atoms with Crippen LogP contribution in [0.2, 0.25) is 5.02 Å². The Balaban J connectivity index is 1.89. The van der Waals surface area contributed by atoms with Crippen LogP contribution >= 0.6 is 38.9 Å². The van der Waals surface area contributed by atoms with Crippen LogP contribution in [0.4, 0.5) is 0 Å². The summed E-state index contributed by atoms with van der Waals surface area (Å²) in [5, 5.41) is 2.70. The van der Waals surface area contributed by atoms with E-state index >= 15 is 0 Å². The molecule has 2 aromatic heterocycles. The van der Waals surface area contributed by atoms with Crippen molar-refractivity contribution in [2.45, 2.75) is 12.5 Å².